The van der Waals surface area contributed by atoms with Crippen molar-refractivity contribution >= 4 is 10.0 Å². The minimum Gasteiger partial charge on any atom is -0.493 e. The number of benzene rings is 4. The molecule has 6 rings (SSSR count). The lowest BCUT2D eigenvalue weighted by molar-refractivity contribution is -0.276. The zero-order chi connectivity index (χ0) is 33.0. The third-order valence-corrected chi connectivity index (χ3v) is 10.5. The molecule has 0 saturated carbocycles. The summed E-state index contributed by atoms with van der Waals surface area (Å²) in [4.78, 5) is 2.65. The Morgan fingerprint density at radius 3 is 2.15 bits per heavy atom. The predicted octanol–water partition coefficient (Wildman–Crippen LogP) is 5.52. The van der Waals surface area contributed by atoms with E-state index in [0.29, 0.717) is 0 Å². The van der Waals surface area contributed by atoms with E-state index < -0.39 is 16.3 Å². The highest BCUT2D eigenvalue weighted by Gasteiger charge is 2.39. The molecule has 47 heavy (non-hydrogen) atoms. The largest absolute Gasteiger partial charge is 0.493 e. The summed E-state index contributed by atoms with van der Waals surface area (Å²) in [6, 6.07) is 28.1. The van der Waals surface area contributed by atoms with Crippen LogP contribution in [0.3, 0.4) is 0 Å². The average Bonchev–Trinajstić information content (AvgIpc) is 3.11. The third-order valence-electron chi connectivity index (χ3n) is 9.13. The number of methoxy groups -OCH3 is 2. The van der Waals surface area contributed by atoms with E-state index in [1.54, 1.807) is 44.6 Å². The van der Waals surface area contributed by atoms with Crippen molar-refractivity contribution in [2.75, 3.05) is 27.3 Å². The molecule has 0 aromatic heterocycles. The molecule has 2 N–H and O–H groups in total. The number of fused-ring (bicyclic) bond motifs is 1. The fraction of sp³-hybridized carbons (Fsp3) is 0.351. The molecule has 2 aliphatic rings. The number of aliphatic hydroxyl groups is 1. The van der Waals surface area contributed by atoms with Gasteiger partial charge in [0.1, 0.15) is 0 Å². The average molecular weight is 659 g/mol. The zero-order valence-corrected chi connectivity index (χ0v) is 27.8. The SMILES string of the molecule is COc1cc2c(cc1OC)CN(C[C@@H]1O[C@H](c3ccc(CNS(=O)(=O)c4ccccc4)cc3)O[C@H](c3ccc(CO)cc3)[C@@H]1C)CC2. The number of rotatable bonds is 11. The summed E-state index contributed by atoms with van der Waals surface area (Å²) in [5, 5.41) is 9.59. The Hall–Kier alpha value is -3.77. The van der Waals surface area contributed by atoms with Crippen LogP contribution >= 0.6 is 0 Å². The van der Waals surface area contributed by atoms with Gasteiger partial charge in [-0.3, -0.25) is 4.90 Å². The van der Waals surface area contributed by atoms with Crippen LogP contribution in [0.25, 0.3) is 0 Å². The number of sulfonamides is 1. The van der Waals surface area contributed by atoms with Crippen LogP contribution in [0.4, 0.5) is 0 Å². The normalized spacial score (nSPS) is 21.6. The Kier molecular flexibility index (Phi) is 10.3. The molecule has 1 fully saturated rings. The standard InChI is InChI=1S/C37H42N2O7S/c1-25-35(23-39-18-17-30-19-33(43-2)34(44-3)20-31(30)22-39)45-37(46-36(25)28-13-11-27(24-40)12-14-28)29-15-9-26(10-16-29)21-38-47(41,42)32-7-5-4-6-8-32/h4-16,19-20,25,35-38,40H,17-18,21-24H2,1-3H3/t25-,35+,36+,37+/m1/s1. The lowest BCUT2D eigenvalue weighted by Crippen LogP contribution is -2.45. The van der Waals surface area contributed by atoms with Crippen LogP contribution in [-0.4, -0.2) is 51.8 Å². The van der Waals surface area contributed by atoms with Crippen LogP contribution in [0, 0.1) is 5.92 Å². The third kappa shape index (κ3) is 7.54. The molecule has 4 aromatic rings. The molecule has 0 amide bonds. The summed E-state index contributed by atoms with van der Waals surface area (Å²) < 4.78 is 52.5. The van der Waals surface area contributed by atoms with Crippen molar-refractivity contribution in [1.29, 1.82) is 0 Å². The van der Waals surface area contributed by atoms with Crippen LogP contribution in [0.5, 0.6) is 11.5 Å². The van der Waals surface area contributed by atoms with Crippen molar-refractivity contribution in [3.05, 3.63) is 124 Å². The molecule has 10 heteroatoms. The second-order valence-electron chi connectivity index (χ2n) is 12.2. The maximum absolute atomic E-state index is 12.7. The molecular formula is C37H42N2O7S. The van der Waals surface area contributed by atoms with Gasteiger partial charge in [0.05, 0.1) is 37.9 Å². The van der Waals surface area contributed by atoms with E-state index in [2.05, 4.69) is 28.7 Å². The maximum Gasteiger partial charge on any atom is 0.240 e. The van der Waals surface area contributed by atoms with E-state index in [1.165, 1.54) is 11.1 Å². The fourth-order valence-electron chi connectivity index (χ4n) is 6.33. The molecule has 2 heterocycles. The number of hydrogen-bond acceptors (Lipinski definition) is 8. The number of hydrogen-bond donors (Lipinski definition) is 2. The van der Waals surface area contributed by atoms with Crippen LogP contribution in [-0.2, 0) is 45.6 Å². The molecule has 0 unspecified atom stereocenters. The van der Waals surface area contributed by atoms with Crippen LogP contribution < -0.4 is 14.2 Å². The van der Waals surface area contributed by atoms with Crippen LogP contribution in [0.1, 0.15) is 52.7 Å². The lowest BCUT2D eigenvalue weighted by atomic mass is 9.89. The number of nitrogens with zero attached hydrogens (tertiary/aromatic N) is 1. The summed E-state index contributed by atoms with van der Waals surface area (Å²) in [5.74, 6) is 1.52. The molecule has 0 radical (unpaired) electrons. The summed E-state index contributed by atoms with van der Waals surface area (Å²) in [7, 11) is -0.300. The molecule has 2 aliphatic heterocycles. The molecule has 0 bridgehead atoms. The Bertz CT molecular complexity index is 1750. The van der Waals surface area contributed by atoms with Gasteiger partial charge < -0.3 is 24.1 Å². The number of aliphatic hydroxyl groups excluding tert-OH is 1. The fourth-order valence-corrected chi connectivity index (χ4v) is 7.37. The molecule has 4 atom stereocenters. The van der Waals surface area contributed by atoms with Gasteiger partial charge >= 0.3 is 0 Å². The van der Waals surface area contributed by atoms with E-state index in [9.17, 15) is 13.5 Å². The summed E-state index contributed by atoms with van der Waals surface area (Å²) >= 11 is 0. The highest BCUT2D eigenvalue weighted by molar-refractivity contribution is 7.89. The second-order valence-corrected chi connectivity index (χ2v) is 13.9. The van der Waals surface area contributed by atoms with Crippen molar-refractivity contribution in [3.63, 3.8) is 0 Å². The minimum atomic E-state index is -3.62. The van der Waals surface area contributed by atoms with E-state index in [-0.39, 0.29) is 36.2 Å². The highest BCUT2D eigenvalue weighted by Crippen LogP contribution is 2.42. The maximum atomic E-state index is 12.7. The molecule has 1 saturated heterocycles. The number of nitrogens with one attached hydrogen (secondary N) is 1. The summed E-state index contributed by atoms with van der Waals surface area (Å²) in [5.41, 5.74) is 6.05. The van der Waals surface area contributed by atoms with Crippen molar-refractivity contribution in [1.82, 2.24) is 9.62 Å². The van der Waals surface area contributed by atoms with Crippen LogP contribution in [0.2, 0.25) is 0 Å². The first-order chi connectivity index (χ1) is 22.8. The minimum absolute atomic E-state index is 0.0172. The first-order valence-electron chi connectivity index (χ1n) is 15.9. The van der Waals surface area contributed by atoms with E-state index in [1.807, 2.05) is 48.5 Å². The first kappa shape index (κ1) is 33.1. The van der Waals surface area contributed by atoms with Crippen molar-refractivity contribution < 1.29 is 32.5 Å². The van der Waals surface area contributed by atoms with E-state index in [4.69, 9.17) is 18.9 Å². The summed E-state index contributed by atoms with van der Waals surface area (Å²) in [6.07, 6.45) is -0.0750. The Labute approximate surface area is 277 Å². The summed E-state index contributed by atoms with van der Waals surface area (Å²) in [6.45, 7) is 4.70. The van der Waals surface area contributed by atoms with Gasteiger partial charge in [0.25, 0.3) is 0 Å². The van der Waals surface area contributed by atoms with Gasteiger partial charge in [-0.1, -0.05) is 73.7 Å². The van der Waals surface area contributed by atoms with Gasteiger partial charge in [0.15, 0.2) is 17.8 Å². The quantitative estimate of drug-likeness (QED) is 0.217. The molecule has 0 spiro atoms. The topological polar surface area (TPSA) is 107 Å². The van der Waals surface area contributed by atoms with Crippen LogP contribution in [0.15, 0.2) is 95.9 Å². The Morgan fingerprint density at radius 1 is 0.851 bits per heavy atom. The smallest absolute Gasteiger partial charge is 0.240 e. The highest BCUT2D eigenvalue weighted by atomic mass is 32.2. The van der Waals surface area contributed by atoms with Gasteiger partial charge in [-0.2, -0.15) is 0 Å². The molecule has 0 aliphatic carbocycles. The van der Waals surface area contributed by atoms with Gasteiger partial charge in [-0.15, -0.1) is 0 Å². The molecule has 248 valence electrons. The van der Waals surface area contributed by atoms with E-state index in [0.717, 1.165) is 59.8 Å². The van der Waals surface area contributed by atoms with Gasteiger partial charge in [0, 0.05) is 37.7 Å². The second kappa shape index (κ2) is 14.6. The van der Waals surface area contributed by atoms with Gasteiger partial charge in [0.2, 0.25) is 10.0 Å². The van der Waals surface area contributed by atoms with Gasteiger partial charge in [-0.05, 0) is 58.5 Å². The van der Waals surface area contributed by atoms with Crippen molar-refractivity contribution in [2.24, 2.45) is 5.92 Å². The predicted molar refractivity (Wildman–Crippen MR) is 178 cm³/mol. The Balaban J connectivity index is 1.20. The molecular weight excluding hydrogens is 616 g/mol. The number of ether oxygens (including phenoxy) is 4. The lowest BCUT2D eigenvalue weighted by Gasteiger charge is -2.43. The molecule has 9 nitrogen and oxygen atoms in total. The Morgan fingerprint density at radius 2 is 1.49 bits per heavy atom. The van der Waals surface area contributed by atoms with Gasteiger partial charge in [-0.25, -0.2) is 13.1 Å². The van der Waals surface area contributed by atoms with Crippen molar-refractivity contribution in [2.45, 2.75) is 56.4 Å². The zero-order valence-electron chi connectivity index (χ0n) is 27.0. The van der Waals surface area contributed by atoms with E-state index >= 15 is 0 Å². The molecule has 4 aromatic carbocycles. The first-order valence-corrected chi connectivity index (χ1v) is 17.4. The van der Waals surface area contributed by atoms with Crippen molar-refractivity contribution in [3.8, 4) is 11.5 Å². The monoisotopic (exact) mass is 658 g/mol.